The molecule has 0 aromatic heterocycles. The minimum Gasteiger partial charge on any atom is -0.303 e. The molecule has 0 bridgehead atoms. The number of hydrogen-bond acceptors (Lipinski definition) is 1. The Balaban J connectivity index is 4.28. The largest absolute Gasteiger partial charge is 0.303 e. The minimum atomic E-state index is 0.188. The first kappa shape index (κ1) is 11.2. The Hall–Kier alpha value is -0.770. The van der Waals surface area contributed by atoms with Gasteiger partial charge >= 0.3 is 0 Å². The molecule has 0 spiro atoms. The van der Waals surface area contributed by atoms with Crippen LogP contribution in [0.5, 0.6) is 0 Å². The maximum atomic E-state index is 10.4. The maximum absolute atomic E-state index is 10.4. The molecule has 0 fully saturated rings. The first-order chi connectivity index (χ1) is 5.58. The lowest BCUT2D eigenvalue weighted by Crippen LogP contribution is -2.23. The van der Waals surface area contributed by atoms with Gasteiger partial charge in [-0.3, -0.25) is 0 Å². The molecule has 0 aromatic carbocycles. The molecule has 0 rings (SSSR count). The summed E-state index contributed by atoms with van der Waals surface area (Å²) in [6.45, 7) is 6.46. The van der Waals surface area contributed by atoms with Gasteiger partial charge in [-0.25, -0.2) is 0 Å². The number of carbonyl (C=O) groups is 1. The second-order valence-corrected chi connectivity index (χ2v) is 3.85. The van der Waals surface area contributed by atoms with Crippen molar-refractivity contribution in [3.8, 4) is 12.3 Å². The molecule has 0 saturated carbocycles. The number of carbonyl (C=O) groups excluding carboxylic acids is 1. The quantitative estimate of drug-likeness (QED) is 0.453. The Bertz CT molecular complexity index is 174. The summed E-state index contributed by atoms with van der Waals surface area (Å²) in [6.07, 6.45) is 8.58. The summed E-state index contributed by atoms with van der Waals surface area (Å²) >= 11 is 0. The number of aldehydes is 1. The lowest BCUT2D eigenvalue weighted by atomic mass is 9.74. The van der Waals surface area contributed by atoms with Crippen molar-refractivity contribution in [1.82, 2.24) is 0 Å². The zero-order valence-corrected chi connectivity index (χ0v) is 8.26. The van der Waals surface area contributed by atoms with Crippen LogP contribution in [-0.2, 0) is 4.79 Å². The van der Waals surface area contributed by atoms with Crippen LogP contribution in [0.25, 0.3) is 0 Å². The van der Waals surface area contributed by atoms with E-state index in [0.29, 0.717) is 18.8 Å². The molecule has 0 radical (unpaired) electrons. The van der Waals surface area contributed by atoms with E-state index in [9.17, 15) is 4.79 Å². The van der Waals surface area contributed by atoms with Gasteiger partial charge < -0.3 is 4.79 Å². The van der Waals surface area contributed by atoms with E-state index < -0.39 is 0 Å². The first-order valence-corrected chi connectivity index (χ1v) is 4.45. The Kier molecular flexibility index (Phi) is 4.66. The molecule has 1 unspecified atom stereocenters. The van der Waals surface area contributed by atoms with Gasteiger partial charge in [-0.2, -0.15) is 0 Å². The molecule has 0 amide bonds. The second kappa shape index (κ2) is 4.98. The zero-order chi connectivity index (χ0) is 9.61. The molecule has 0 aliphatic carbocycles. The third-order valence-corrected chi connectivity index (χ3v) is 2.76. The average molecular weight is 166 g/mol. The summed E-state index contributed by atoms with van der Waals surface area (Å²) in [4.78, 5) is 10.4. The van der Waals surface area contributed by atoms with Gasteiger partial charge in [0.2, 0.25) is 0 Å². The molecule has 1 heteroatoms. The summed E-state index contributed by atoms with van der Waals surface area (Å²) in [5, 5.41) is 0. The number of terminal acetylenes is 1. The topological polar surface area (TPSA) is 17.1 Å². The van der Waals surface area contributed by atoms with E-state index in [-0.39, 0.29) is 5.41 Å². The van der Waals surface area contributed by atoms with E-state index in [0.717, 1.165) is 12.7 Å². The van der Waals surface area contributed by atoms with E-state index in [4.69, 9.17) is 6.42 Å². The van der Waals surface area contributed by atoms with Gasteiger partial charge in [0.1, 0.15) is 6.29 Å². The fourth-order valence-electron chi connectivity index (χ4n) is 1.23. The van der Waals surface area contributed by atoms with Crippen molar-refractivity contribution in [3.63, 3.8) is 0 Å². The number of hydrogen-bond donors (Lipinski definition) is 0. The maximum Gasteiger partial charge on any atom is 0.120 e. The Morgan fingerprint density at radius 2 is 2.17 bits per heavy atom. The smallest absolute Gasteiger partial charge is 0.120 e. The van der Waals surface area contributed by atoms with Crippen LogP contribution in [0.3, 0.4) is 0 Å². The SMILES string of the molecule is C#CCC(CC=O)C(C)(C)CC. The molecular weight excluding hydrogens is 148 g/mol. The van der Waals surface area contributed by atoms with Crippen LogP contribution >= 0.6 is 0 Å². The fourth-order valence-corrected chi connectivity index (χ4v) is 1.23. The van der Waals surface area contributed by atoms with Crippen molar-refractivity contribution in [3.05, 3.63) is 0 Å². The van der Waals surface area contributed by atoms with Crippen molar-refractivity contribution in [2.24, 2.45) is 11.3 Å². The molecule has 0 aliphatic heterocycles. The highest BCUT2D eigenvalue weighted by molar-refractivity contribution is 5.50. The van der Waals surface area contributed by atoms with E-state index in [1.165, 1.54) is 0 Å². The highest BCUT2D eigenvalue weighted by Crippen LogP contribution is 2.34. The van der Waals surface area contributed by atoms with Gasteiger partial charge in [-0.05, 0) is 11.3 Å². The van der Waals surface area contributed by atoms with Crippen molar-refractivity contribution in [2.45, 2.75) is 40.0 Å². The van der Waals surface area contributed by atoms with Crippen LogP contribution in [0, 0.1) is 23.7 Å². The monoisotopic (exact) mass is 166 g/mol. The molecule has 0 heterocycles. The van der Waals surface area contributed by atoms with Gasteiger partial charge in [-0.1, -0.05) is 27.2 Å². The Morgan fingerprint density at radius 3 is 2.50 bits per heavy atom. The van der Waals surface area contributed by atoms with Crippen molar-refractivity contribution >= 4 is 6.29 Å². The van der Waals surface area contributed by atoms with Crippen LogP contribution in [0.1, 0.15) is 40.0 Å². The Labute approximate surface area is 75.5 Å². The molecule has 1 atom stereocenters. The summed E-state index contributed by atoms with van der Waals surface area (Å²) in [7, 11) is 0. The van der Waals surface area contributed by atoms with Crippen molar-refractivity contribution in [1.29, 1.82) is 0 Å². The third-order valence-electron chi connectivity index (χ3n) is 2.76. The summed E-state index contributed by atoms with van der Waals surface area (Å²) < 4.78 is 0. The van der Waals surface area contributed by atoms with Gasteiger partial charge in [0.15, 0.2) is 0 Å². The molecule has 0 saturated heterocycles. The lowest BCUT2D eigenvalue weighted by Gasteiger charge is -2.30. The van der Waals surface area contributed by atoms with E-state index in [1.54, 1.807) is 0 Å². The highest BCUT2D eigenvalue weighted by Gasteiger charge is 2.26. The highest BCUT2D eigenvalue weighted by atomic mass is 16.1. The molecule has 68 valence electrons. The van der Waals surface area contributed by atoms with Gasteiger partial charge in [0.25, 0.3) is 0 Å². The van der Waals surface area contributed by atoms with Crippen LogP contribution in [0.4, 0.5) is 0 Å². The molecule has 0 N–H and O–H groups in total. The first-order valence-electron chi connectivity index (χ1n) is 4.45. The lowest BCUT2D eigenvalue weighted by molar-refractivity contribution is -0.109. The average Bonchev–Trinajstić information content (AvgIpc) is 2.04. The Morgan fingerprint density at radius 1 is 1.58 bits per heavy atom. The standard InChI is InChI=1S/C11H18O/c1-5-7-10(8-9-12)11(3,4)6-2/h1,9-10H,6-8H2,2-4H3. The molecule has 0 aromatic rings. The molecule has 0 aliphatic rings. The fraction of sp³-hybridized carbons (Fsp3) is 0.727. The van der Waals surface area contributed by atoms with E-state index in [1.807, 2.05) is 0 Å². The van der Waals surface area contributed by atoms with Gasteiger partial charge in [0.05, 0.1) is 0 Å². The zero-order valence-electron chi connectivity index (χ0n) is 8.26. The third kappa shape index (κ3) is 3.09. The van der Waals surface area contributed by atoms with Gasteiger partial charge in [0, 0.05) is 12.8 Å². The predicted molar refractivity (Wildman–Crippen MR) is 51.7 cm³/mol. The summed E-state index contributed by atoms with van der Waals surface area (Å²) in [6, 6.07) is 0. The number of rotatable bonds is 5. The van der Waals surface area contributed by atoms with Crippen molar-refractivity contribution < 1.29 is 4.79 Å². The summed E-state index contributed by atoms with van der Waals surface area (Å²) in [5.74, 6) is 2.97. The molecule has 12 heavy (non-hydrogen) atoms. The van der Waals surface area contributed by atoms with Gasteiger partial charge in [-0.15, -0.1) is 12.3 Å². The second-order valence-electron chi connectivity index (χ2n) is 3.85. The normalized spacial score (nSPS) is 13.5. The van der Waals surface area contributed by atoms with Crippen LogP contribution < -0.4 is 0 Å². The molecule has 1 nitrogen and oxygen atoms in total. The van der Waals surface area contributed by atoms with E-state index >= 15 is 0 Å². The van der Waals surface area contributed by atoms with E-state index in [2.05, 4.69) is 26.7 Å². The summed E-state index contributed by atoms with van der Waals surface area (Å²) in [5.41, 5.74) is 0.188. The predicted octanol–water partition coefficient (Wildman–Crippen LogP) is 2.65. The van der Waals surface area contributed by atoms with Crippen LogP contribution in [0.2, 0.25) is 0 Å². The minimum absolute atomic E-state index is 0.188. The van der Waals surface area contributed by atoms with Crippen LogP contribution in [-0.4, -0.2) is 6.29 Å². The van der Waals surface area contributed by atoms with Crippen LogP contribution in [0.15, 0.2) is 0 Å². The molecular formula is C11H18O. The van der Waals surface area contributed by atoms with Crippen molar-refractivity contribution in [2.75, 3.05) is 0 Å².